The lowest BCUT2D eigenvalue weighted by Gasteiger charge is -2.09. The van der Waals surface area contributed by atoms with Gasteiger partial charge in [-0.15, -0.1) is 0 Å². The second kappa shape index (κ2) is 4.54. The monoisotopic (exact) mass is 278 g/mol. The Balaban J connectivity index is 2.59. The number of phenols is 6. The number of aromatic hydroxyl groups is 6. The minimum Gasteiger partial charge on any atom is -0.508 e. The van der Waals surface area contributed by atoms with E-state index in [0.717, 1.165) is 24.3 Å². The quantitative estimate of drug-likeness (QED) is 0.275. The van der Waals surface area contributed by atoms with Crippen LogP contribution in [-0.4, -0.2) is 36.4 Å². The fourth-order valence-corrected chi connectivity index (χ4v) is 1.69. The molecule has 0 saturated heterocycles. The molecule has 0 aliphatic carbocycles. The fraction of sp³-hybridized carbons (Fsp3) is 0. The van der Waals surface area contributed by atoms with Gasteiger partial charge in [0.1, 0.15) is 11.5 Å². The molecule has 0 fully saturated rings. The van der Waals surface area contributed by atoms with Gasteiger partial charge in [0.15, 0.2) is 17.3 Å². The molecule has 0 unspecified atom stereocenters. The van der Waals surface area contributed by atoms with Crippen LogP contribution >= 0.6 is 0 Å². The third-order valence-corrected chi connectivity index (χ3v) is 2.64. The standard InChI is InChI=1S/C13H10O7/c14-6-1-5(2-7(15)3-6)10(17)8-4-9(16)12(19)13(20)11(8)18/h1-4,14-16,18-20H. The molecule has 2 aromatic carbocycles. The SMILES string of the molecule is O=C(c1cc(O)cc(O)c1)c1cc(O)c(O)c(O)c1O. The molecule has 0 heterocycles. The second-order valence-corrected chi connectivity index (χ2v) is 4.06. The minimum atomic E-state index is -1.04. The van der Waals surface area contributed by atoms with Crippen molar-refractivity contribution in [1.29, 1.82) is 0 Å². The summed E-state index contributed by atoms with van der Waals surface area (Å²) < 4.78 is 0. The molecule has 0 aliphatic rings. The van der Waals surface area contributed by atoms with Crippen LogP contribution in [0.2, 0.25) is 0 Å². The molecule has 104 valence electrons. The van der Waals surface area contributed by atoms with E-state index in [1.54, 1.807) is 0 Å². The van der Waals surface area contributed by atoms with Gasteiger partial charge in [-0.1, -0.05) is 0 Å². The smallest absolute Gasteiger partial charge is 0.205 e. The maximum atomic E-state index is 12.1. The van der Waals surface area contributed by atoms with Gasteiger partial charge >= 0.3 is 0 Å². The Labute approximate surface area is 112 Å². The Hall–Kier alpha value is -3.09. The summed E-state index contributed by atoms with van der Waals surface area (Å²) in [6.45, 7) is 0. The van der Waals surface area contributed by atoms with E-state index in [4.69, 9.17) is 0 Å². The van der Waals surface area contributed by atoms with Crippen LogP contribution in [0.3, 0.4) is 0 Å². The van der Waals surface area contributed by atoms with Gasteiger partial charge < -0.3 is 30.6 Å². The summed E-state index contributed by atoms with van der Waals surface area (Å²) >= 11 is 0. The van der Waals surface area contributed by atoms with Gasteiger partial charge in [-0.05, 0) is 18.2 Å². The number of phenolic OH excluding ortho intramolecular Hbond substituents is 6. The third kappa shape index (κ3) is 2.12. The highest BCUT2D eigenvalue weighted by Crippen LogP contribution is 2.44. The summed E-state index contributed by atoms with van der Waals surface area (Å²) in [5, 5.41) is 56.1. The van der Waals surface area contributed by atoms with Crippen molar-refractivity contribution in [1.82, 2.24) is 0 Å². The number of carbonyl (C=O) groups excluding carboxylic acids is 1. The zero-order chi connectivity index (χ0) is 15.0. The van der Waals surface area contributed by atoms with Crippen LogP contribution in [0.4, 0.5) is 0 Å². The molecule has 7 heteroatoms. The van der Waals surface area contributed by atoms with Gasteiger partial charge in [0.05, 0.1) is 5.56 Å². The van der Waals surface area contributed by atoms with Gasteiger partial charge in [-0.2, -0.15) is 0 Å². The largest absolute Gasteiger partial charge is 0.508 e. The number of benzene rings is 2. The molecule has 7 nitrogen and oxygen atoms in total. The van der Waals surface area contributed by atoms with Crippen LogP contribution in [0.15, 0.2) is 24.3 Å². The molecule has 0 amide bonds. The van der Waals surface area contributed by atoms with E-state index in [-0.39, 0.29) is 17.1 Å². The van der Waals surface area contributed by atoms with Crippen LogP contribution in [0.5, 0.6) is 34.5 Å². The van der Waals surface area contributed by atoms with Crippen molar-refractivity contribution in [3.8, 4) is 34.5 Å². The highest BCUT2D eigenvalue weighted by Gasteiger charge is 2.22. The molecule has 0 aromatic heterocycles. The zero-order valence-corrected chi connectivity index (χ0v) is 9.90. The summed E-state index contributed by atoms with van der Waals surface area (Å²) in [5.41, 5.74) is -0.676. The predicted molar refractivity (Wildman–Crippen MR) is 66.3 cm³/mol. The van der Waals surface area contributed by atoms with Crippen molar-refractivity contribution >= 4 is 5.78 Å². The lowest BCUT2D eigenvalue weighted by Crippen LogP contribution is -2.02. The zero-order valence-electron chi connectivity index (χ0n) is 9.90. The normalized spacial score (nSPS) is 10.4. The number of hydrogen-bond donors (Lipinski definition) is 6. The summed E-state index contributed by atoms with van der Waals surface area (Å²) in [6, 6.07) is 3.82. The fourth-order valence-electron chi connectivity index (χ4n) is 1.69. The summed E-state index contributed by atoms with van der Waals surface area (Å²) in [7, 11) is 0. The van der Waals surface area contributed by atoms with Crippen molar-refractivity contribution in [2.75, 3.05) is 0 Å². The van der Waals surface area contributed by atoms with Crippen LogP contribution in [0.25, 0.3) is 0 Å². The Morgan fingerprint density at radius 1 is 0.700 bits per heavy atom. The third-order valence-electron chi connectivity index (χ3n) is 2.64. The lowest BCUT2D eigenvalue weighted by atomic mass is 10.0. The molecule has 6 N–H and O–H groups in total. The Morgan fingerprint density at radius 2 is 1.25 bits per heavy atom. The Kier molecular flexibility index (Phi) is 3.03. The number of hydrogen-bond acceptors (Lipinski definition) is 7. The van der Waals surface area contributed by atoms with E-state index in [2.05, 4.69) is 0 Å². The van der Waals surface area contributed by atoms with Crippen molar-refractivity contribution < 1.29 is 35.4 Å². The average molecular weight is 278 g/mol. The first kappa shape index (κ1) is 13.3. The molecule has 20 heavy (non-hydrogen) atoms. The molecule has 0 saturated carbocycles. The van der Waals surface area contributed by atoms with Crippen LogP contribution in [0, 0.1) is 0 Å². The molecule has 2 rings (SSSR count). The predicted octanol–water partition coefficient (Wildman–Crippen LogP) is 1.15. The molecule has 0 radical (unpaired) electrons. The molecule has 2 aromatic rings. The van der Waals surface area contributed by atoms with Gasteiger partial charge in [-0.3, -0.25) is 4.79 Å². The first-order valence-corrected chi connectivity index (χ1v) is 5.36. The van der Waals surface area contributed by atoms with E-state index >= 15 is 0 Å². The maximum absolute atomic E-state index is 12.1. The van der Waals surface area contributed by atoms with Crippen LogP contribution < -0.4 is 0 Å². The topological polar surface area (TPSA) is 138 Å². The van der Waals surface area contributed by atoms with Gasteiger partial charge in [0.25, 0.3) is 0 Å². The molecule has 0 spiro atoms. The van der Waals surface area contributed by atoms with Gasteiger partial charge in [0, 0.05) is 11.6 Å². The number of ketones is 1. The van der Waals surface area contributed by atoms with E-state index < -0.39 is 34.3 Å². The first-order valence-electron chi connectivity index (χ1n) is 5.36. The molecule has 0 bridgehead atoms. The lowest BCUT2D eigenvalue weighted by molar-refractivity contribution is 0.103. The first-order chi connectivity index (χ1) is 9.31. The van der Waals surface area contributed by atoms with E-state index in [1.807, 2.05) is 0 Å². The van der Waals surface area contributed by atoms with Crippen molar-refractivity contribution in [3.63, 3.8) is 0 Å². The van der Waals surface area contributed by atoms with E-state index in [9.17, 15) is 35.4 Å². The molecule has 0 aliphatic heterocycles. The van der Waals surface area contributed by atoms with Crippen LogP contribution in [0.1, 0.15) is 15.9 Å². The van der Waals surface area contributed by atoms with E-state index in [0.29, 0.717) is 0 Å². The van der Waals surface area contributed by atoms with Crippen molar-refractivity contribution in [2.24, 2.45) is 0 Å². The Bertz CT molecular complexity index is 686. The van der Waals surface area contributed by atoms with Gasteiger partial charge in [-0.25, -0.2) is 0 Å². The minimum absolute atomic E-state index is 0.178. The van der Waals surface area contributed by atoms with E-state index in [1.165, 1.54) is 0 Å². The average Bonchev–Trinajstić information content (AvgIpc) is 2.38. The summed E-state index contributed by atoms with van der Waals surface area (Å²) in [4.78, 5) is 12.1. The van der Waals surface area contributed by atoms with Gasteiger partial charge in [0.2, 0.25) is 11.5 Å². The Morgan fingerprint density at radius 3 is 1.80 bits per heavy atom. The maximum Gasteiger partial charge on any atom is 0.205 e. The van der Waals surface area contributed by atoms with Crippen molar-refractivity contribution in [2.45, 2.75) is 0 Å². The second-order valence-electron chi connectivity index (χ2n) is 4.06. The molecule has 0 atom stereocenters. The summed E-state index contributed by atoms with van der Waals surface area (Å²) in [6.07, 6.45) is 0. The van der Waals surface area contributed by atoms with Crippen molar-refractivity contribution in [3.05, 3.63) is 35.4 Å². The molecular weight excluding hydrogens is 268 g/mol. The highest BCUT2D eigenvalue weighted by molar-refractivity contribution is 6.12. The number of carbonyl (C=O) groups is 1. The number of rotatable bonds is 2. The van der Waals surface area contributed by atoms with Crippen LogP contribution in [-0.2, 0) is 0 Å². The molecular formula is C13H10O7. The summed E-state index contributed by atoms with van der Waals surface area (Å²) in [5.74, 6) is -5.35. The highest BCUT2D eigenvalue weighted by atomic mass is 16.3.